The van der Waals surface area contributed by atoms with Gasteiger partial charge >= 0.3 is 6.09 Å². The molecule has 12 nitrogen and oxygen atoms in total. The molecular weight excluding hydrogens is 570 g/mol. The fourth-order valence-corrected chi connectivity index (χ4v) is 4.79. The van der Waals surface area contributed by atoms with Gasteiger partial charge in [0, 0.05) is 42.7 Å². The lowest BCUT2D eigenvalue weighted by Crippen LogP contribution is -2.39. The van der Waals surface area contributed by atoms with Crippen LogP contribution in [0, 0.1) is 0 Å². The van der Waals surface area contributed by atoms with Crippen molar-refractivity contribution in [2.24, 2.45) is 7.05 Å². The second-order valence-corrected chi connectivity index (χ2v) is 12.0. The average molecular weight is 606 g/mol. The Labute approximate surface area is 254 Å². The molecule has 0 fully saturated rings. The van der Waals surface area contributed by atoms with Crippen molar-refractivity contribution in [3.05, 3.63) is 72.3 Å². The molecule has 13 heteroatoms. The second-order valence-electron chi connectivity index (χ2n) is 10.7. The smallest absolute Gasteiger partial charge is 0.407 e. The highest BCUT2D eigenvalue weighted by Gasteiger charge is 2.16. The minimum absolute atomic E-state index is 0.0907. The Morgan fingerprint density at radius 1 is 1.02 bits per heavy atom. The zero-order valence-electron chi connectivity index (χ0n) is 24.7. The van der Waals surface area contributed by atoms with Crippen molar-refractivity contribution >= 4 is 46.1 Å². The predicted octanol–water partition coefficient (Wildman–Crippen LogP) is 4.49. The largest absolute Gasteiger partial charge is 0.484 e. The first-order valence-electron chi connectivity index (χ1n) is 13.6. The summed E-state index contributed by atoms with van der Waals surface area (Å²) in [5, 5.41) is 18.7. The zero-order chi connectivity index (χ0) is 31.0. The number of anilines is 1. The number of aromatic nitrogens is 4. The standard InChI is InChI=1S/C30H35N7O5S/c1-19(43-28-36-34-18-37(28)5)20-7-6-8-23(13-20)35-27(39)25-15-22-14-24(10-9-21(22)16-33-25)41-17-26(38)31-11-12-32-29(40)42-30(2,3)4/h6-10,13-16,18-19H,11-12,17H2,1-5H3,(H,31,38)(H,32,40)(H,35,39)/t19-/m0/s1. The number of fused-ring (bicyclic) bond motifs is 1. The number of aryl methyl sites for hydroxylation is 1. The van der Waals surface area contributed by atoms with Crippen molar-refractivity contribution < 1.29 is 23.9 Å². The third-order valence-corrected chi connectivity index (χ3v) is 7.18. The Balaban J connectivity index is 1.30. The number of benzene rings is 2. The summed E-state index contributed by atoms with van der Waals surface area (Å²) < 4.78 is 12.6. The predicted molar refractivity (Wildman–Crippen MR) is 164 cm³/mol. The Bertz CT molecular complexity index is 1600. The number of carbonyl (C=O) groups is 3. The molecule has 226 valence electrons. The van der Waals surface area contributed by atoms with Crippen molar-refractivity contribution in [2.45, 2.75) is 43.7 Å². The summed E-state index contributed by atoms with van der Waals surface area (Å²) >= 11 is 1.58. The van der Waals surface area contributed by atoms with Gasteiger partial charge in [0.1, 0.15) is 23.4 Å². The summed E-state index contributed by atoms with van der Waals surface area (Å²) in [5.74, 6) is -0.222. The van der Waals surface area contributed by atoms with Gasteiger partial charge in [-0.25, -0.2) is 4.79 Å². The second kappa shape index (κ2) is 14.0. The van der Waals surface area contributed by atoms with Gasteiger partial charge < -0.3 is 30.0 Å². The monoisotopic (exact) mass is 605 g/mol. The maximum Gasteiger partial charge on any atom is 0.407 e. The molecule has 0 aliphatic heterocycles. The molecule has 4 aromatic rings. The van der Waals surface area contributed by atoms with Gasteiger partial charge in [-0.15, -0.1) is 10.2 Å². The van der Waals surface area contributed by atoms with Crippen LogP contribution in [0.3, 0.4) is 0 Å². The molecule has 4 rings (SSSR count). The molecule has 0 saturated carbocycles. The van der Waals surface area contributed by atoms with E-state index in [2.05, 4.69) is 38.1 Å². The van der Waals surface area contributed by atoms with Gasteiger partial charge in [0.05, 0.1) is 0 Å². The highest BCUT2D eigenvalue weighted by atomic mass is 32.2. The highest BCUT2D eigenvalue weighted by molar-refractivity contribution is 7.99. The number of hydrogen-bond donors (Lipinski definition) is 3. The molecule has 0 spiro atoms. The summed E-state index contributed by atoms with van der Waals surface area (Å²) in [5.41, 5.74) is 1.33. The van der Waals surface area contributed by atoms with Crippen LogP contribution in [-0.2, 0) is 16.6 Å². The molecule has 0 radical (unpaired) electrons. The van der Waals surface area contributed by atoms with Crippen LogP contribution < -0.4 is 20.7 Å². The first-order chi connectivity index (χ1) is 20.5. The van der Waals surface area contributed by atoms with Gasteiger partial charge in [0.2, 0.25) is 0 Å². The zero-order valence-corrected chi connectivity index (χ0v) is 25.5. The van der Waals surface area contributed by atoms with Crippen molar-refractivity contribution in [2.75, 3.05) is 25.0 Å². The fourth-order valence-electron chi connectivity index (χ4n) is 3.88. The van der Waals surface area contributed by atoms with Crippen molar-refractivity contribution in [1.29, 1.82) is 0 Å². The molecule has 2 aromatic carbocycles. The van der Waals surface area contributed by atoms with Crippen molar-refractivity contribution in [3.8, 4) is 5.75 Å². The number of pyridine rings is 1. The first kappa shape index (κ1) is 31.3. The van der Waals surface area contributed by atoms with Crippen LogP contribution in [0.1, 0.15) is 49.0 Å². The van der Waals surface area contributed by atoms with Crippen LogP contribution in [0.5, 0.6) is 5.75 Å². The topological polar surface area (TPSA) is 149 Å². The van der Waals surface area contributed by atoms with E-state index in [1.165, 1.54) is 0 Å². The average Bonchev–Trinajstić information content (AvgIpc) is 3.36. The first-order valence-corrected chi connectivity index (χ1v) is 14.5. The maximum absolute atomic E-state index is 13.1. The van der Waals surface area contributed by atoms with Gasteiger partial charge in [-0.1, -0.05) is 23.9 Å². The van der Waals surface area contributed by atoms with Gasteiger partial charge in [-0.2, -0.15) is 0 Å². The molecule has 0 saturated heterocycles. The lowest BCUT2D eigenvalue weighted by Gasteiger charge is -2.19. The van der Waals surface area contributed by atoms with Gasteiger partial charge in [-0.3, -0.25) is 14.6 Å². The quantitative estimate of drug-likeness (QED) is 0.166. The van der Waals surface area contributed by atoms with Gasteiger partial charge in [0.15, 0.2) is 11.8 Å². The number of alkyl carbamates (subject to hydrolysis) is 1. The fraction of sp³-hybridized carbons (Fsp3) is 0.333. The Hall–Kier alpha value is -4.65. The Morgan fingerprint density at radius 3 is 2.56 bits per heavy atom. The summed E-state index contributed by atoms with van der Waals surface area (Å²) in [6.45, 7) is 7.63. The number of thioether (sulfide) groups is 1. The number of nitrogens with one attached hydrogen (secondary N) is 3. The van der Waals surface area contributed by atoms with Crippen LogP contribution >= 0.6 is 11.8 Å². The van der Waals surface area contributed by atoms with Crippen molar-refractivity contribution in [3.63, 3.8) is 0 Å². The lowest BCUT2D eigenvalue weighted by molar-refractivity contribution is -0.123. The molecule has 0 bridgehead atoms. The number of carbonyl (C=O) groups excluding carboxylic acids is 3. The highest BCUT2D eigenvalue weighted by Crippen LogP contribution is 2.34. The molecule has 43 heavy (non-hydrogen) atoms. The molecule has 0 aliphatic rings. The minimum Gasteiger partial charge on any atom is -0.484 e. The van der Waals surface area contributed by atoms with Crippen LogP contribution in [0.15, 0.2) is 66.2 Å². The van der Waals surface area contributed by atoms with Crippen LogP contribution in [0.4, 0.5) is 10.5 Å². The van der Waals surface area contributed by atoms with Gasteiger partial charge in [0.25, 0.3) is 11.8 Å². The Morgan fingerprint density at radius 2 is 1.81 bits per heavy atom. The molecule has 2 aromatic heterocycles. The van der Waals surface area contributed by atoms with E-state index in [9.17, 15) is 14.4 Å². The van der Waals surface area contributed by atoms with E-state index in [1.54, 1.807) is 63.3 Å². The third kappa shape index (κ3) is 9.43. The van der Waals surface area contributed by atoms with E-state index in [0.717, 1.165) is 21.5 Å². The van der Waals surface area contributed by atoms with E-state index < -0.39 is 11.7 Å². The summed E-state index contributed by atoms with van der Waals surface area (Å²) in [6.07, 6.45) is 2.73. The minimum atomic E-state index is -0.592. The molecule has 3 amide bonds. The van der Waals surface area contributed by atoms with E-state index in [4.69, 9.17) is 9.47 Å². The van der Waals surface area contributed by atoms with Crippen molar-refractivity contribution in [1.82, 2.24) is 30.4 Å². The third-order valence-electron chi connectivity index (χ3n) is 5.98. The lowest BCUT2D eigenvalue weighted by atomic mass is 10.1. The summed E-state index contributed by atoms with van der Waals surface area (Å²) in [6, 6.07) is 14.6. The molecule has 1 atom stereocenters. The normalized spacial score (nSPS) is 11.9. The Kier molecular flexibility index (Phi) is 10.2. The van der Waals surface area contributed by atoms with E-state index >= 15 is 0 Å². The summed E-state index contributed by atoms with van der Waals surface area (Å²) in [4.78, 5) is 41.2. The van der Waals surface area contributed by atoms with Crippen LogP contribution in [0.2, 0.25) is 0 Å². The molecule has 3 N–H and O–H groups in total. The number of amides is 3. The van der Waals surface area contributed by atoms with Crippen LogP contribution in [0.25, 0.3) is 10.8 Å². The van der Waals surface area contributed by atoms with E-state index in [0.29, 0.717) is 11.4 Å². The SMILES string of the molecule is C[C@H](Sc1nncn1C)c1cccc(NC(=O)c2cc3cc(OCC(=O)NCCNC(=O)OC(C)(C)C)ccc3cn2)c1. The van der Waals surface area contributed by atoms with Gasteiger partial charge in [-0.05, 0) is 75.0 Å². The van der Waals surface area contributed by atoms with E-state index in [1.807, 2.05) is 41.9 Å². The van der Waals surface area contributed by atoms with E-state index in [-0.39, 0.29) is 42.5 Å². The number of nitrogens with zero attached hydrogens (tertiary/aromatic N) is 4. The van der Waals surface area contributed by atoms with Crippen LogP contribution in [-0.4, -0.2) is 63.0 Å². The maximum atomic E-state index is 13.1. The number of rotatable bonds is 11. The molecule has 2 heterocycles. The number of ether oxygens (including phenoxy) is 2. The summed E-state index contributed by atoms with van der Waals surface area (Å²) in [7, 11) is 1.89. The number of hydrogen-bond acceptors (Lipinski definition) is 9. The molecular formula is C30H35N7O5S. The molecule has 0 aliphatic carbocycles. The molecule has 0 unspecified atom stereocenters.